The molecule has 0 spiro atoms. The molecular weight excluding hydrogens is 218 g/mol. The molecule has 2 rings (SSSR count). The first kappa shape index (κ1) is 11.7. The van der Waals surface area contributed by atoms with Crippen LogP contribution < -0.4 is 5.32 Å². The molecule has 0 aromatic carbocycles. The van der Waals surface area contributed by atoms with Gasteiger partial charge in [0.05, 0.1) is 12.7 Å². The van der Waals surface area contributed by atoms with Crippen LogP contribution in [0.1, 0.15) is 22.8 Å². The van der Waals surface area contributed by atoms with E-state index in [0.717, 1.165) is 17.9 Å². The SMILES string of the molecule is CNCc1c(C)nn(Cc2nnn(C)n2)c1C. The van der Waals surface area contributed by atoms with Gasteiger partial charge in [-0.25, -0.2) is 0 Å². The van der Waals surface area contributed by atoms with E-state index in [1.807, 2.05) is 18.7 Å². The van der Waals surface area contributed by atoms with Gasteiger partial charge in [-0.2, -0.15) is 9.90 Å². The van der Waals surface area contributed by atoms with Crippen LogP contribution >= 0.6 is 0 Å². The van der Waals surface area contributed by atoms with Gasteiger partial charge in [-0.15, -0.1) is 10.2 Å². The highest BCUT2D eigenvalue weighted by molar-refractivity contribution is 5.24. The Labute approximate surface area is 99.8 Å². The molecule has 92 valence electrons. The van der Waals surface area contributed by atoms with E-state index in [-0.39, 0.29) is 0 Å². The van der Waals surface area contributed by atoms with Crippen molar-refractivity contribution in [2.24, 2.45) is 7.05 Å². The van der Waals surface area contributed by atoms with Crippen LogP contribution in [-0.4, -0.2) is 37.0 Å². The highest BCUT2D eigenvalue weighted by Gasteiger charge is 2.12. The summed E-state index contributed by atoms with van der Waals surface area (Å²) in [6.45, 7) is 5.46. The Balaban J connectivity index is 2.24. The number of hydrogen-bond donors (Lipinski definition) is 1. The van der Waals surface area contributed by atoms with Crippen LogP contribution in [0, 0.1) is 13.8 Å². The third-order valence-electron chi connectivity index (χ3n) is 2.73. The lowest BCUT2D eigenvalue weighted by molar-refractivity contribution is 0.609. The van der Waals surface area contributed by atoms with Gasteiger partial charge in [-0.1, -0.05) is 0 Å². The maximum absolute atomic E-state index is 4.49. The standard InChI is InChI=1S/C10H17N7/c1-7-9(5-11-3)8(2)17(13-7)6-10-12-15-16(4)14-10/h11H,5-6H2,1-4H3. The van der Waals surface area contributed by atoms with Crippen LogP contribution in [0.15, 0.2) is 0 Å². The van der Waals surface area contributed by atoms with Crippen LogP contribution in [0.4, 0.5) is 0 Å². The van der Waals surface area contributed by atoms with Gasteiger partial charge in [-0.3, -0.25) is 4.68 Å². The summed E-state index contributed by atoms with van der Waals surface area (Å²) < 4.78 is 1.92. The molecule has 0 aliphatic carbocycles. The van der Waals surface area contributed by atoms with Crippen molar-refractivity contribution in [2.75, 3.05) is 7.05 Å². The number of aryl methyl sites for hydroxylation is 2. The summed E-state index contributed by atoms with van der Waals surface area (Å²) in [6, 6.07) is 0. The molecule has 2 aromatic heterocycles. The Hall–Kier alpha value is -1.76. The summed E-state index contributed by atoms with van der Waals surface area (Å²) in [4.78, 5) is 1.45. The Morgan fingerprint density at radius 1 is 1.24 bits per heavy atom. The average molecular weight is 235 g/mol. The van der Waals surface area contributed by atoms with Gasteiger partial charge in [0.2, 0.25) is 0 Å². The zero-order chi connectivity index (χ0) is 12.4. The number of rotatable bonds is 4. The van der Waals surface area contributed by atoms with Crippen molar-refractivity contribution in [2.45, 2.75) is 26.9 Å². The molecule has 2 aromatic rings. The van der Waals surface area contributed by atoms with E-state index < -0.39 is 0 Å². The number of aromatic nitrogens is 6. The monoisotopic (exact) mass is 235 g/mol. The Morgan fingerprint density at radius 3 is 2.59 bits per heavy atom. The predicted molar refractivity (Wildman–Crippen MR) is 62.4 cm³/mol. The van der Waals surface area contributed by atoms with E-state index in [4.69, 9.17) is 0 Å². The van der Waals surface area contributed by atoms with Gasteiger partial charge in [0.15, 0.2) is 5.82 Å². The van der Waals surface area contributed by atoms with Crippen LogP contribution in [-0.2, 0) is 20.1 Å². The van der Waals surface area contributed by atoms with Gasteiger partial charge >= 0.3 is 0 Å². The molecule has 7 heteroatoms. The number of nitrogens with zero attached hydrogens (tertiary/aromatic N) is 6. The molecule has 0 bridgehead atoms. The molecule has 2 heterocycles. The van der Waals surface area contributed by atoms with Gasteiger partial charge in [0.1, 0.15) is 6.54 Å². The third-order valence-corrected chi connectivity index (χ3v) is 2.73. The lowest BCUT2D eigenvalue weighted by Gasteiger charge is -2.02. The predicted octanol–water partition coefficient (Wildman–Crippen LogP) is -0.209. The van der Waals surface area contributed by atoms with Crippen molar-refractivity contribution >= 4 is 0 Å². The lowest BCUT2D eigenvalue weighted by atomic mass is 10.2. The molecule has 0 radical (unpaired) electrons. The quantitative estimate of drug-likeness (QED) is 0.794. The van der Waals surface area contributed by atoms with Gasteiger partial charge in [-0.05, 0) is 26.1 Å². The zero-order valence-electron chi connectivity index (χ0n) is 10.6. The highest BCUT2D eigenvalue weighted by atomic mass is 15.6. The zero-order valence-corrected chi connectivity index (χ0v) is 10.6. The minimum atomic E-state index is 0.560. The van der Waals surface area contributed by atoms with E-state index in [1.54, 1.807) is 7.05 Å². The minimum absolute atomic E-state index is 0.560. The number of tetrazole rings is 1. The van der Waals surface area contributed by atoms with Crippen molar-refractivity contribution in [3.63, 3.8) is 0 Å². The second-order valence-electron chi connectivity index (χ2n) is 4.03. The molecule has 0 saturated carbocycles. The van der Waals surface area contributed by atoms with Crippen LogP contribution in [0.2, 0.25) is 0 Å². The first-order valence-electron chi connectivity index (χ1n) is 5.52. The molecule has 0 saturated heterocycles. The second-order valence-corrected chi connectivity index (χ2v) is 4.03. The molecule has 0 aliphatic heterocycles. The van der Waals surface area contributed by atoms with E-state index in [0.29, 0.717) is 12.4 Å². The minimum Gasteiger partial charge on any atom is -0.316 e. The summed E-state index contributed by atoms with van der Waals surface area (Å²) in [5, 5.41) is 19.6. The first-order valence-corrected chi connectivity index (χ1v) is 5.52. The molecule has 0 fully saturated rings. The fraction of sp³-hybridized carbons (Fsp3) is 0.600. The topological polar surface area (TPSA) is 73.5 Å². The summed E-state index contributed by atoms with van der Waals surface area (Å²) in [7, 11) is 3.69. The van der Waals surface area contributed by atoms with Crippen LogP contribution in [0.25, 0.3) is 0 Å². The summed E-state index contributed by atoms with van der Waals surface area (Å²) in [5.74, 6) is 0.675. The van der Waals surface area contributed by atoms with E-state index in [1.165, 1.54) is 10.4 Å². The Morgan fingerprint density at radius 2 is 2.00 bits per heavy atom. The van der Waals surface area contributed by atoms with Crippen LogP contribution in [0.5, 0.6) is 0 Å². The van der Waals surface area contributed by atoms with Crippen molar-refractivity contribution in [3.05, 3.63) is 22.8 Å². The van der Waals surface area contributed by atoms with Gasteiger partial charge in [0, 0.05) is 17.8 Å². The summed E-state index contributed by atoms with van der Waals surface area (Å²) in [6.07, 6.45) is 0. The Bertz CT molecular complexity index is 511. The van der Waals surface area contributed by atoms with E-state index >= 15 is 0 Å². The van der Waals surface area contributed by atoms with E-state index in [9.17, 15) is 0 Å². The molecule has 0 unspecified atom stereocenters. The Kier molecular flexibility index (Phi) is 3.19. The van der Waals surface area contributed by atoms with Crippen molar-refractivity contribution in [1.82, 2.24) is 35.3 Å². The van der Waals surface area contributed by atoms with Crippen molar-refractivity contribution in [1.29, 1.82) is 0 Å². The number of hydrogen-bond acceptors (Lipinski definition) is 5. The molecule has 17 heavy (non-hydrogen) atoms. The lowest BCUT2D eigenvalue weighted by Crippen LogP contribution is -2.09. The third kappa shape index (κ3) is 2.33. The molecule has 0 atom stereocenters. The van der Waals surface area contributed by atoms with Crippen LogP contribution in [0.3, 0.4) is 0 Å². The second kappa shape index (κ2) is 4.62. The molecule has 0 amide bonds. The number of nitrogens with one attached hydrogen (secondary N) is 1. The summed E-state index contributed by atoms with van der Waals surface area (Å²) in [5.41, 5.74) is 3.42. The van der Waals surface area contributed by atoms with E-state index in [2.05, 4.69) is 32.7 Å². The molecular formula is C10H17N7. The maximum Gasteiger partial charge on any atom is 0.196 e. The molecule has 7 nitrogen and oxygen atoms in total. The largest absolute Gasteiger partial charge is 0.316 e. The fourth-order valence-corrected chi connectivity index (χ4v) is 1.84. The molecule has 1 N–H and O–H groups in total. The maximum atomic E-state index is 4.49. The highest BCUT2D eigenvalue weighted by Crippen LogP contribution is 2.13. The fourth-order valence-electron chi connectivity index (χ4n) is 1.84. The van der Waals surface area contributed by atoms with Crippen molar-refractivity contribution in [3.8, 4) is 0 Å². The van der Waals surface area contributed by atoms with Crippen molar-refractivity contribution < 1.29 is 0 Å². The average Bonchev–Trinajstić information content (AvgIpc) is 2.79. The van der Waals surface area contributed by atoms with Gasteiger partial charge in [0.25, 0.3) is 0 Å². The summed E-state index contributed by atoms with van der Waals surface area (Å²) >= 11 is 0. The first-order chi connectivity index (χ1) is 8.11. The van der Waals surface area contributed by atoms with Gasteiger partial charge < -0.3 is 5.32 Å². The smallest absolute Gasteiger partial charge is 0.196 e. The normalized spacial score (nSPS) is 11.1. The molecule has 0 aliphatic rings.